The molecule has 0 spiro atoms. The van der Waals surface area contributed by atoms with E-state index in [1.54, 1.807) is 16.8 Å². The molecule has 1 aliphatic rings. The Kier molecular flexibility index (Phi) is 3.32. The van der Waals surface area contributed by atoms with Gasteiger partial charge in [-0.3, -0.25) is 4.79 Å². The number of rotatable bonds is 3. The van der Waals surface area contributed by atoms with Crippen LogP contribution in [0, 0.1) is 5.92 Å². The van der Waals surface area contributed by atoms with Crippen LogP contribution in [0.5, 0.6) is 0 Å². The third kappa shape index (κ3) is 2.41. The smallest absolute Gasteiger partial charge is 0.155 e. The van der Waals surface area contributed by atoms with Crippen molar-refractivity contribution in [3.05, 3.63) is 29.7 Å². The van der Waals surface area contributed by atoms with E-state index in [0.29, 0.717) is 11.5 Å². The molecule has 3 heterocycles. The van der Waals surface area contributed by atoms with Gasteiger partial charge in [-0.2, -0.15) is 16.9 Å². The number of fused-ring (bicyclic) bond motifs is 1. The van der Waals surface area contributed by atoms with Crippen LogP contribution in [0.4, 0.5) is 0 Å². The number of pyridine rings is 1. The van der Waals surface area contributed by atoms with Crippen molar-refractivity contribution in [3.8, 4) is 0 Å². The van der Waals surface area contributed by atoms with E-state index in [4.69, 9.17) is 0 Å². The topological polar surface area (TPSA) is 47.3 Å². The van der Waals surface area contributed by atoms with E-state index in [0.717, 1.165) is 24.2 Å². The molecule has 3 rings (SSSR count). The van der Waals surface area contributed by atoms with Gasteiger partial charge in [0.15, 0.2) is 17.8 Å². The molecule has 2 aromatic rings. The number of hydrogen-bond donors (Lipinski definition) is 0. The average Bonchev–Trinajstić information content (AvgIpc) is 2.80. The summed E-state index contributed by atoms with van der Waals surface area (Å²) in [5.74, 6) is 4.13. The lowest BCUT2D eigenvalue weighted by atomic mass is 9.99. The highest BCUT2D eigenvalue weighted by molar-refractivity contribution is 7.99. The zero-order valence-electron chi connectivity index (χ0n) is 10.1. The first-order chi connectivity index (χ1) is 8.85. The first kappa shape index (κ1) is 11.7. The second-order valence-electron chi connectivity index (χ2n) is 4.67. The van der Waals surface area contributed by atoms with Crippen LogP contribution < -0.4 is 0 Å². The van der Waals surface area contributed by atoms with Gasteiger partial charge in [0.25, 0.3) is 0 Å². The van der Waals surface area contributed by atoms with Crippen LogP contribution in [0.2, 0.25) is 0 Å². The van der Waals surface area contributed by atoms with Crippen molar-refractivity contribution >= 4 is 23.7 Å². The Bertz CT molecular complexity index is 560. The molecular formula is C13H15N3OS. The normalized spacial score (nSPS) is 17.1. The molecule has 0 aromatic carbocycles. The van der Waals surface area contributed by atoms with Gasteiger partial charge in [-0.05, 0) is 42.4 Å². The molecule has 4 nitrogen and oxygen atoms in total. The summed E-state index contributed by atoms with van der Waals surface area (Å²) in [6.45, 7) is 0. The Hall–Kier alpha value is -1.36. The monoisotopic (exact) mass is 261 g/mol. The number of thioether (sulfide) groups is 1. The van der Waals surface area contributed by atoms with Crippen LogP contribution in [0.1, 0.15) is 29.0 Å². The van der Waals surface area contributed by atoms with Crippen LogP contribution in [0.3, 0.4) is 0 Å². The fraction of sp³-hybridized carbons (Fsp3) is 0.462. The van der Waals surface area contributed by atoms with E-state index in [-0.39, 0.29) is 0 Å². The van der Waals surface area contributed by atoms with Gasteiger partial charge < -0.3 is 0 Å². The van der Waals surface area contributed by atoms with Crippen molar-refractivity contribution in [2.24, 2.45) is 5.92 Å². The molecule has 0 saturated carbocycles. The molecule has 94 valence electrons. The number of aldehydes is 1. The minimum absolute atomic E-state index is 0.632. The summed E-state index contributed by atoms with van der Waals surface area (Å²) in [7, 11) is 0. The number of nitrogens with zero attached hydrogens (tertiary/aromatic N) is 3. The van der Waals surface area contributed by atoms with Crippen LogP contribution in [-0.2, 0) is 6.42 Å². The Morgan fingerprint density at radius 3 is 3.00 bits per heavy atom. The van der Waals surface area contributed by atoms with Gasteiger partial charge in [-0.15, -0.1) is 0 Å². The molecule has 0 unspecified atom stereocenters. The molecule has 1 fully saturated rings. The molecule has 1 saturated heterocycles. The lowest BCUT2D eigenvalue weighted by molar-refractivity contribution is 0.112. The quantitative estimate of drug-likeness (QED) is 0.795. The van der Waals surface area contributed by atoms with Crippen molar-refractivity contribution in [1.29, 1.82) is 0 Å². The first-order valence-corrected chi connectivity index (χ1v) is 7.39. The summed E-state index contributed by atoms with van der Waals surface area (Å²) in [5, 5.41) is 4.46. The van der Waals surface area contributed by atoms with E-state index >= 15 is 0 Å². The van der Waals surface area contributed by atoms with E-state index in [1.165, 1.54) is 24.3 Å². The van der Waals surface area contributed by atoms with E-state index in [1.807, 2.05) is 17.8 Å². The van der Waals surface area contributed by atoms with E-state index < -0.39 is 0 Å². The maximum absolute atomic E-state index is 10.7. The number of aromatic nitrogens is 3. The summed E-state index contributed by atoms with van der Waals surface area (Å²) in [5.41, 5.74) is 1.45. The molecule has 0 bridgehead atoms. The van der Waals surface area contributed by atoms with Gasteiger partial charge in [0.05, 0.1) is 0 Å². The van der Waals surface area contributed by atoms with Crippen LogP contribution in [0.25, 0.3) is 5.65 Å². The van der Waals surface area contributed by atoms with Crippen molar-refractivity contribution in [2.45, 2.75) is 19.3 Å². The Morgan fingerprint density at radius 1 is 1.39 bits per heavy atom. The minimum atomic E-state index is 0.632. The van der Waals surface area contributed by atoms with Gasteiger partial charge in [0, 0.05) is 18.2 Å². The second-order valence-corrected chi connectivity index (χ2v) is 5.90. The highest BCUT2D eigenvalue weighted by atomic mass is 32.2. The number of carbonyl (C=O) groups excluding carboxylic acids is 1. The van der Waals surface area contributed by atoms with Crippen LogP contribution in [0.15, 0.2) is 18.3 Å². The molecule has 2 aromatic heterocycles. The largest absolute Gasteiger partial charge is 0.298 e. The molecule has 0 aliphatic carbocycles. The SMILES string of the molecule is O=Cc1ccc2nc(CC3CCSCC3)nn2c1. The average molecular weight is 261 g/mol. The maximum atomic E-state index is 10.7. The molecule has 1 aliphatic heterocycles. The molecule has 18 heavy (non-hydrogen) atoms. The van der Waals surface area contributed by atoms with Crippen molar-refractivity contribution in [1.82, 2.24) is 14.6 Å². The molecule has 5 heteroatoms. The van der Waals surface area contributed by atoms with Gasteiger partial charge >= 0.3 is 0 Å². The molecule has 0 amide bonds. The standard InChI is InChI=1S/C13H15N3OS/c17-9-11-1-2-13-14-12(15-16(13)8-11)7-10-3-5-18-6-4-10/h1-2,8-10H,3-7H2. The predicted molar refractivity (Wildman–Crippen MR) is 72.1 cm³/mol. The summed E-state index contributed by atoms with van der Waals surface area (Å²) >= 11 is 2.03. The summed E-state index contributed by atoms with van der Waals surface area (Å²) in [6.07, 6.45) is 6.05. The van der Waals surface area contributed by atoms with Gasteiger partial charge in [-0.25, -0.2) is 9.50 Å². The zero-order chi connectivity index (χ0) is 12.4. The van der Waals surface area contributed by atoms with E-state index in [9.17, 15) is 4.79 Å². The fourth-order valence-electron chi connectivity index (χ4n) is 2.31. The maximum Gasteiger partial charge on any atom is 0.155 e. The number of hydrogen-bond acceptors (Lipinski definition) is 4. The molecule has 0 atom stereocenters. The van der Waals surface area contributed by atoms with Crippen molar-refractivity contribution in [2.75, 3.05) is 11.5 Å². The molecular weight excluding hydrogens is 246 g/mol. The molecule has 0 N–H and O–H groups in total. The number of carbonyl (C=O) groups is 1. The fourth-order valence-corrected chi connectivity index (χ4v) is 3.51. The highest BCUT2D eigenvalue weighted by Gasteiger charge is 2.16. The lowest BCUT2D eigenvalue weighted by Gasteiger charge is -2.19. The Morgan fingerprint density at radius 2 is 2.22 bits per heavy atom. The zero-order valence-corrected chi connectivity index (χ0v) is 10.9. The third-order valence-corrected chi connectivity index (χ3v) is 4.39. The first-order valence-electron chi connectivity index (χ1n) is 6.23. The lowest BCUT2D eigenvalue weighted by Crippen LogP contribution is -2.13. The summed E-state index contributed by atoms with van der Waals surface area (Å²) < 4.78 is 1.71. The third-order valence-electron chi connectivity index (χ3n) is 3.35. The Balaban J connectivity index is 1.81. The van der Waals surface area contributed by atoms with Crippen LogP contribution in [-0.4, -0.2) is 32.4 Å². The highest BCUT2D eigenvalue weighted by Crippen LogP contribution is 2.25. The predicted octanol–water partition coefficient (Wildman–Crippen LogP) is 2.23. The van der Waals surface area contributed by atoms with Crippen LogP contribution >= 0.6 is 11.8 Å². The second kappa shape index (κ2) is 5.10. The summed E-state index contributed by atoms with van der Waals surface area (Å²) in [4.78, 5) is 15.2. The minimum Gasteiger partial charge on any atom is -0.298 e. The summed E-state index contributed by atoms with van der Waals surface area (Å²) in [6, 6.07) is 3.62. The van der Waals surface area contributed by atoms with Gasteiger partial charge in [0.1, 0.15) is 0 Å². The van der Waals surface area contributed by atoms with Gasteiger partial charge in [0.2, 0.25) is 0 Å². The van der Waals surface area contributed by atoms with Crippen molar-refractivity contribution in [3.63, 3.8) is 0 Å². The Labute approximate surface area is 110 Å². The van der Waals surface area contributed by atoms with Crippen molar-refractivity contribution < 1.29 is 4.79 Å². The molecule has 0 radical (unpaired) electrons. The van der Waals surface area contributed by atoms with Gasteiger partial charge in [-0.1, -0.05) is 0 Å². The van der Waals surface area contributed by atoms with E-state index in [2.05, 4.69) is 10.1 Å².